The predicted molar refractivity (Wildman–Crippen MR) is 77.6 cm³/mol. The van der Waals surface area contributed by atoms with Gasteiger partial charge in [0.15, 0.2) is 0 Å². The van der Waals surface area contributed by atoms with E-state index in [2.05, 4.69) is 9.97 Å². The zero-order chi connectivity index (χ0) is 19.5. The first-order chi connectivity index (χ1) is 12.0. The van der Waals surface area contributed by atoms with Crippen LogP contribution in [0.5, 0.6) is 5.88 Å². The van der Waals surface area contributed by atoms with Crippen LogP contribution in [0, 0.1) is 0 Å². The molecule has 5 nitrogen and oxygen atoms in total. The molecule has 0 fully saturated rings. The summed E-state index contributed by atoms with van der Waals surface area (Å²) >= 11 is 0. The molecule has 0 radical (unpaired) electrons. The second kappa shape index (κ2) is 7.18. The van der Waals surface area contributed by atoms with Gasteiger partial charge in [0.05, 0.1) is 17.7 Å². The molecule has 0 aliphatic carbocycles. The maximum absolute atomic E-state index is 12.8. The first-order valence-electron chi connectivity index (χ1n) is 7.06. The number of benzene rings is 1. The molecule has 0 atom stereocenters. The summed E-state index contributed by atoms with van der Waals surface area (Å²) in [5.41, 5.74) is -4.04. The van der Waals surface area contributed by atoms with Crippen LogP contribution in [0.1, 0.15) is 28.5 Å². The molecule has 1 aromatic carbocycles. The molecule has 0 spiro atoms. The second-order valence-electron chi connectivity index (χ2n) is 4.92. The standard InChI is InChI=1S/C15H11F6N3O2/c1-2-26-12-6-11(22-7-23-12)13(25)24-10-4-8(14(16,17)18)3-9(5-10)15(19,20)21/h3-7H,2H2,1H3,(H,24,25). The predicted octanol–water partition coefficient (Wildman–Crippen LogP) is 4.17. The van der Waals surface area contributed by atoms with Crippen molar-refractivity contribution in [3.63, 3.8) is 0 Å². The van der Waals surface area contributed by atoms with Crippen LogP contribution in [0.3, 0.4) is 0 Å². The Hall–Kier alpha value is -2.85. The fourth-order valence-corrected chi connectivity index (χ4v) is 1.91. The topological polar surface area (TPSA) is 64.1 Å². The number of ether oxygens (including phenoxy) is 1. The third-order valence-electron chi connectivity index (χ3n) is 3.01. The van der Waals surface area contributed by atoms with Gasteiger partial charge in [0.1, 0.15) is 12.0 Å². The average Bonchev–Trinajstić information content (AvgIpc) is 2.53. The molecule has 1 amide bonds. The van der Waals surface area contributed by atoms with Crippen molar-refractivity contribution in [1.82, 2.24) is 9.97 Å². The van der Waals surface area contributed by atoms with E-state index in [1.165, 1.54) is 0 Å². The van der Waals surface area contributed by atoms with E-state index in [1.54, 1.807) is 6.92 Å². The van der Waals surface area contributed by atoms with E-state index in [9.17, 15) is 31.1 Å². The number of amides is 1. The molecular formula is C15H11F6N3O2. The van der Waals surface area contributed by atoms with Gasteiger partial charge in [0.2, 0.25) is 5.88 Å². The monoisotopic (exact) mass is 379 g/mol. The second-order valence-corrected chi connectivity index (χ2v) is 4.92. The number of anilines is 1. The van der Waals surface area contributed by atoms with Crippen LogP contribution in [0.15, 0.2) is 30.6 Å². The Kier molecular flexibility index (Phi) is 5.38. The number of hydrogen-bond acceptors (Lipinski definition) is 4. The van der Waals surface area contributed by atoms with Crippen molar-refractivity contribution < 1.29 is 35.9 Å². The van der Waals surface area contributed by atoms with Crippen molar-refractivity contribution in [3.05, 3.63) is 47.4 Å². The first kappa shape index (κ1) is 19.5. The quantitative estimate of drug-likeness (QED) is 0.810. The lowest BCUT2D eigenvalue weighted by Crippen LogP contribution is -2.17. The van der Waals surface area contributed by atoms with E-state index < -0.39 is 35.1 Å². The molecule has 2 aromatic rings. The molecule has 1 aromatic heterocycles. The fourth-order valence-electron chi connectivity index (χ4n) is 1.91. The minimum atomic E-state index is -5.02. The lowest BCUT2D eigenvalue weighted by atomic mass is 10.1. The van der Waals surface area contributed by atoms with Crippen molar-refractivity contribution in [2.45, 2.75) is 19.3 Å². The molecule has 0 saturated carbocycles. The summed E-state index contributed by atoms with van der Waals surface area (Å²) in [6.45, 7) is 1.89. The molecule has 1 heterocycles. The highest BCUT2D eigenvalue weighted by atomic mass is 19.4. The molecule has 2 rings (SSSR count). The fraction of sp³-hybridized carbons (Fsp3) is 0.267. The van der Waals surface area contributed by atoms with Gasteiger partial charge in [-0.15, -0.1) is 0 Å². The van der Waals surface area contributed by atoms with Gasteiger partial charge < -0.3 is 10.1 Å². The lowest BCUT2D eigenvalue weighted by molar-refractivity contribution is -0.143. The van der Waals surface area contributed by atoms with Crippen LogP contribution in [-0.4, -0.2) is 22.5 Å². The zero-order valence-corrected chi connectivity index (χ0v) is 13.1. The molecular weight excluding hydrogens is 368 g/mol. The number of alkyl halides is 6. The van der Waals surface area contributed by atoms with Gasteiger partial charge in [-0.2, -0.15) is 26.3 Å². The Bertz CT molecular complexity index is 772. The number of aromatic nitrogens is 2. The molecule has 0 bridgehead atoms. The third kappa shape index (κ3) is 4.83. The summed E-state index contributed by atoms with van der Waals surface area (Å²) in [6.07, 6.45) is -9.05. The number of hydrogen-bond donors (Lipinski definition) is 1. The van der Waals surface area contributed by atoms with E-state index in [0.29, 0.717) is 12.1 Å². The van der Waals surface area contributed by atoms with Crippen LogP contribution in [0.25, 0.3) is 0 Å². The molecule has 1 N–H and O–H groups in total. The van der Waals surface area contributed by atoms with E-state index in [0.717, 1.165) is 12.4 Å². The minimum Gasteiger partial charge on any atom is -0.478 e. The summed E-state index contributed by atoms with van der Waals surface area (Å²) in [6, 6.07) is 1.88. The van der Waals surface area contributed by atoms with Gasteiger partial charge >= 0.3 is 12.4 Å². The maximum Gasteiger partial charge on any atom is 0.416 e. The number of nitrogens with zero attached hydrogens (tertiary/aromatic N) is 2. The molecule has 0 unspecified atom stereocenters. The number of carbonyl (C=O) groups is 1. The summed E-state index contributed by atoms with van der Waals surface area (Å²) in [5, 5.41) is 1.97. The summed E-state index contributed by atoms with van der Waals surface area (Å²) < 4.78 is 81.9. The average molecular weight is 379 g/mol. The summed E-state index contributed by atoms with van der Waals surface area (Å²) in [7, 11) is 0. The van der Waals surface area contributed by atoms with Gasteiger partial charge in [0, 0.05) is 11.8 Å². The molecule has 0 saturated heterocycles. The van der Waals surface area contributed by atoms with Gasteiger partial charge in [-0.1, -0.05) is 0 Å². The van der Waals surface area contributed by atoms with Crippen molar-refractivity contribution in [3.8, 4) is 5.88 Å². The smallest absolute Gasteiger partial charge is 0.416 e. The molecule has 0 aliphatic rings. The SMILES string of the molecule is CCOc1cc(C(=O)Nc2cc(C(F)(F)F)cc(C(F)(F)F)c2)ncn1. The first-order valence-corrected chi connectivity index (χ1v) is 7.06. The largest absolute Gasteiger partial charge is 0.478 e. The Labute approximate surface area is 143 Å². The highest BCUT2D eigenvalue weighted by molar-refractivity contribution is 6.03. The summed E-state index contributed by atoms with van der Waals surface area (Å²) in [4.78, 5) is 19.4. The highest BCUT2D eigenvalue weighted by Crippen LogP contribution is 2.37. The van der Waals surface area contributed by atoms with Crippen LogP contribution >= 0.6 is 0 Å². The van der Waals surface area contributed by atoms with E-state index in [-0.39, 0.29) is 24.2 Å². The molecule has 0 aliphatic heterocycles. The zero-order valence-electron chi connectivity index (χ0n) is 13.1. The van der Waals surface area contributed by atoms with Crippen molar-refractivity contribution in [2.75, 3.05) is 11.9 Å². The Morgan fingerprint density at radius 1 is 1.00 bits per heavy atom. The van der Waals surface area contributed by atoms with Crippen LogP contribution in [-0.2, 0) is 12.4 Å². The van der Waals surface area contributed by atoms with Crippen LogP contribution < -0.4 is 10.1 Å². The minimum absolute atomic E-state index is 0.0342. The van der Waals surface area contributed by atoms with E-state index >= 15 is 0 Å². The Morgan fingerprint density at radius 2 is 1.58 bits per heavy atom. The maximum atomic E-state index is 12.8. The Morgan fingerprint density at radius 3 is 2.08 bits per heavy atom. The van der Waals surface area contributed by atoms with Crippen molar-refractivity contribution >= 4 is 11.6 Å². The van der Waals surface area contributed by atoms with Gasteiger partial charge in [-0.05, 0) is 25.1 Å². The van der Waals surface area contributed by atoms with Gasteiger partial charge in [0.25, 0.3) is 5.91 Å². The number of nitrogens with one attached hydrogen (secondary N) is 1. The third-order valence-corrected chi connectivity index (χ3v) is 3.01. The molecule has 26 heavy (non-hydrogen) atoms. The molecule has 11 heteroatoms. The Balaban J connectivity index is 2.36. The number of carbonyl (C=O) groups excluding carboxylic acids is 1. The van der Waals surface area contributed by atoms with Crippen LogP contribution in [0.2, 0.25) is 0 Å². The van der Waals surface area contributed by atoms with E-state index in [4.69, 9.17) is 4.74 Å². The number of rotatable bonds is 4. The number of halogens is 6. The molecule has 140 valence electrons. The highest BCUT2D eigenvalue weighted by Gasteiger charge is 2.37. The lowest BCUT2D eigenvalue weighted by Gasteiger charge is -2.14. The van der Waals surface area contributed by atoms with Crippen LogP contribution in [0.4, 0.5) is 32.0 Å². The van der Waals surface area contributed by atoms with E-state index in [1.807, 2.05) is 5.32 Å². The summed E-state index contributed by atoms with van der Waals surface area (Å²) in [5.74, 6) is -0.978. The van der Waals surface area contributed by atoms with Crippen molar-refractivity contribution in [2.24, 2.45) is 0 Å². The van der Waals surface area contributed by atoms with Crippen molar-refractivity contribution in [1.29, 1.82) is 0 Å². The van der Waals surface area contributed by atoms with Gasteiger partial charge in [-0.3, -0.25) is 4.79 Å². The van der Waals surface area contributed by atoms with Gasteiger partial charge in [-0.25, -0.2) is 9.97 Å². The normalized spacial score (nSPS) is 12.0.